The Kier molecular flexibility index (Phi) is 7.04. The van der Waals surface area contributed by atoms with E-state index in [2.05, 4.69) is 0 Å². The molecule has 0 heterocycles. The van der Waals surface area contributed by atoms with Gasteiger partial charge in [0.05, 0.1) is 6.54 Å². The molecule has 1 saturated carbocycles. The van der Waals surface area contributed by atoms with Gasteiger partial charge in [0.1, 0.15) is 6.54 Å². The number of nitrogens with two attached hydrogens (primary N) is 1. The molecule has 1 aliphatic rings. The van der Waals surface area contributed by atoms with Gasteiger partial charge in [-0.25, -0.2) is 0 Å². The van der Waals surface area contributed by atoms with Crippen molar-refractivity contribution in [3.05, 3.63) is 0 Å². The van der Waals surface area contributed by atoms with Crippen LogP contribution in [-0.2, 0) is 14.4 Å². The van der Waals surface area contributed by atoms with E-state index in [9.17, 15) is 14.4 Å². The molecule has 114 valence electrons. The quantitative estimate of drug-likeness (QED) is 0.697. The van der Waals surface area contributed by atoms with Crippen LogP contribution in [0.3, 0.4) is 0 Å². The Balaban J connectivity index is 2.32. The maximum atomic E-state index is 11.9. The number of nitrogens with zero attached hydrogens (tertiary/aromatic N) is 1. The maximum Gasteiger partial charge on any atom is 0.323 e. The SMILES string of the molecule is NC(=O)CN(CC(=O)O)C(=O)CCCC1CCCCC1. The molecule has 0 aromatic carbocycles. The molecule has 6 nitrogen and oxygen atoms in total. The van der Waals surface area contributed by atoms with Crippen LogP contribution in [0.5, 0.6) is 0 Å². The Labute approximate surface area is 119 Å². The lowest BCUT2D eigenvalue weighted by atomic mass is 9.86. The van der Waals surface area contributed by atoms with E-state index in [-0.39, 0.29) is 18.9 Å². The molecule has 2 amide bonds. The first-order chi connectivity index (χ1) is 9.49. The topological polar surface area (TPSA) is 101 Å². The molecule has 1 aliphatic carbocycles. The van der Waals surface area contributed by atoms with Crippen molar-refractivity contribution in [1.82, 2.24) is 4.90 Å². The first kappa shape index (κ1) is 16.5. The first-order valence-electron chi connectivity index (χ1n) is 7.27. The van der Waals surface area contributed by atoms with E-state index in [0.29, 0.717) is 5.92 Å². The molecule has 6 heteroatoms. The first-order valence-corrected chi connectivity index (χ1v) is 7.27. The summed E-state index contributed by atoms with van der Waals surface area (Å²) in [5.74, 6) is -1.43. The van der Waals surface area contributed by atoms with Crippen molar-refractivity contribution in [3.63, 3.8) is 0 Å². The van der Waals surface area contributed by atoms with Crippen molar-refractivity contribution in [3.8, 4) is 0 Å². The fourth-order valence-corrected chi connectivity index (χ4v) is 2.76. The lowest BCUT2D eigenvalue weighted by Crippen LogP contribution is -2.41. The third-order valence-corrected chi connectivity index (χ3v) is 3.75. The molecule has 3 N–H and O–H groups in total. The largest absolute Gasteiger partial charge is 0.480 e. The van der Waals surface area contributed by atoms with Gasteiger partial charge in [-0.15, -0.1) is 0 Å². The smallest absolute Gasteiger partial charge is 0.323 e. The number of hydrogen-bond donors (Lipinski definition) is 2. The number of primary amides is 1. The highest BCUT2D eigenvalue weighted by Crippen LogP contribution is 2.27. The molecule has 0 bridgehead atoms. The van der Waals surface area contributed by atoms with Crippen LogP contribution >= 0.6 is 0 Å². The number of amides is 2. The molecule has 0 radical (unpaired) electrons. The van der Waals surface area contributed by atoms with Crippen LogP contribution in [0.2, 0.25) is 0 Å². The number of rotatable bonds is 8. The van der Waals surface area contributed by atoms with Crippen LogP contribution in [0.25, 0.3) is 0 Å². The van der Waals surface area contributed by atoms with Gasteiger partial charge in [0.25, 0.3) is 0 Å². The summed E-state index contributed by atoms with van der Waals surface area (Å²) in [5, 5.41) is 8.73. The Morgan fingerprint density at radius 3 is 2.30 bits per heavy atom. The minimum Gasteiger partial charge on any atom is -0.480 e. The van der Waals surface area contributed by atoms with Crippen molar-refractivity contribution >= 4 is 17.8 Å². The lowest BCUT2D eigenvalue weighted by Gasteiger charge is -2.22. The predicted octanol–water partition coefficient (Wildman–Crippen LogP) is 1.14. The standard InChI is InChI=1S/C14H24N2O4/c15-12(17)9-16(10-14(19)20)13(18)8-4-7-11-5-2-1-3-6-11/h11H,1-10H2,(H2,15,17)(H,19,20). The Morgan fingerprint density at radius 1 is 1.10 bits per heavy atom. The van der Waals surface area contributed by atoms with Gasteiger partial charge in [-0.3, -0.25) is 14.4 Å². The molecule has 0 aromatic heterocycles. The third kappa shape index (κ3) is 6.54. The molecule has 0 unspecified atom stereocenters. The monoisotopic (exact) mass is 284 g/mol. The Morgan fingerprint density at radius 2 is 1.75 bits per heavy atom. The fraction of sp³-hybridized carbons (Fsp3) is 0.786. The van der Waals surface area contributed by atoms with Gasteiger partial charge < -0.3 is 15.7 Å². The van der Waals surface area contributed by atoms with Crippen LogP contribution < -0.4 is 5.73 Å². The summed E-state index contributed by atoms with van der Waals surface area (Å²) < 4.78 is 0. The van der Waals surface area contributed by atoms with E-state index in [1.54, 1.807) is 0 Å². The predicted molar refractivity (Wildman–Crippen MR) is 73.8 cm³/mol. The van der Waals surface area contributed by atoms with Crippen LogP contribution in [0.1, 0.15) is 51.4 Å². The van der Waals surface area contributed by atoms with Gasteiger partial charge in [-0.2, -0.15) is 0 Å². The maximum absolute atomic E-state index is 11.9. The second-order valence-corrected chi connectivity index (χ2v) is 5.51. The summed E-state index contributed by atoms with van der Waals surface area (Å²) >= 11 is 0. The molecule has 0 saturated heterocycles. The molecule has 1 rings (SSSR count). The van der Waals surface area contributed by atoms with Gasteiger partial charge in [0.2, 0.25) is 11.8 Å². The average Bonchev–Trinajstić information content (AvgIpc) is 2.38. The molecule has 0 spiro atoms. The van der Waals surface area contributed by atoms with Gasteiger partial charge in [-0.05, 0) is 18.8 Å². The number of aliphatic carboxylic acids is 1. The van der Waals surface area contributed by atoms with E-state index in [1.807, 2.05) is 0 Å². The van der Waals surface area contributed by atoms with Crippen molar-refractivity contribution in [2.75, 3.05) is 13.1 Å². The summed E-state index contributed by atoms with van der Waals surface area (Å²) in [6.45, 7) is -0.792. The molecular weight excluding hydrogens is 260 g/mol. The Hall–Kier alpha value is -1.59. The molecular formula is C14H24N2O4. The number of carboxylic acids is 1. The number of carbonyl (C=O) groups excluding carboxylic acids is 2. The second kappa shape index (κ2) is 8.55. The van der Waals surface area contributed by atoms with E-state index in [4.69, 9.17) is 10.8 Å². The highest BCUT2D eigenvalue weighted by Gasteiger charge is 2.19. The number of hydrogen-bond acceptors (Lipinski definition) is 3. The fourth-order valence-electron chi connectivity index (χ4n) is 2.76. The summed E-state index contributed by atoms with van der Waals surface area (Å²) in [4.78, 5) is 34.5. The van der Waals surface area contributed by atoms with Crippen LogP contribution in [0.4, 0.5) is 0 Å². The molecule has 0 aromatic rings. The van der Waals surface area contributed by atoms with Crippen LogP contribution in [0, 0.1) is 5.92 Å². The molecule has 1 fully saturated rings. The van der Waals surface area contributed by atoms with Crippen molar-refractivity contribution in [2.45, 2.75) is 51.4 Å². The molecule has 20 heavy (non-hydrogen) atoms. The molecule has 0 aliphatic heterocycles. The summed E-state index contributed by atoms with van der Waals surface area (Å²) in [6.07, 6.45) is 8.35. The van der Waals surface area contributed by atoms with Gasteiger partial charge in [-0.1, -0.05) is 32.1 Å². The van der Waals surface area contributed by atoms with E-state index < -0.39 is 18.4 Å². The average molecular weight is 284 g/mol. The van der Waals surface area contributed by atoms with E-state index >= 15 is 0 Å². The second-order valence-electron chi connectivity index (χ2n) is 5.51. The minimum atomic E-state index is -1.13. The van der Waals surface area contributed by atoms with Gasteiger partial charge >= 0.3 is 5.97 Å². The Bertz CT molecular complexity index is 335. The van der Waals surface area contributed by atoms with E-state index in [0.717, 1.165) is 17.7 Å². The van der Waals surface area contributed by atoms with E-state index in [1.165, 1.54) is 32.1 Å². The minimum absolute atomic E-state index is 0.289. The highest BCUT2D eigenvalue weighted by atomic mass is 16.4. The zero-order chi connectivity index (χ0) is 15.0. The number of carbonyl (C=O) groups is 3. The van der Waals surface area contributed by atoms with Crippen LogP contribution in [0.15, 0.2) is 0 Å². The summed E-state index contributed by atoms with van der Waals surface area (Å²) in [6, 6.07) is 0. The van der Waals surface area contributed by atoms with Crippen molar-refractivity contribution in [2.24, 2.45) is 11.7 Å². The van der Waals surface area contributed by atoms with Crippen LogP contribution in [-0.4, -0.2) is 40.9 Å². The number of carboxylic acid groups (broad SMARTS) is 1. The third-order valence-electron chi connectivity index (χ3n) is 3.75. The van der Waals surface area contributed by atoms with Crippen molar-refractivity contribution in [1.29, 1.82) is 0 Å². The lowest BCUT2D eigenvalue weighted by molar-refractivity contribution is -0.145. The summed E-state index contributed by atoms with van der Waals surface area (Å²) in [5.41, 5.74) is 5.03. The van der Waals surface area contributed by atoms with Gasteiger partial charge in [0, 0.05) is 6.42 Å². The van der Waals surface area contributed by atoms with Gasteiger partial charge in [0.15, 0.2) is 0 Å². The van der Waals surface area contributed by atoms with Crippen molar-refractivity contribution < 1.29 is 19.5 Å². The molecule has 0 atom stereocenters. The summed E-state index contributed by atoms with van der Waals surface area (Å²) in [7, 11) is 0. The normalized spacial score (nSPS) is 15.8. The zero-order valence-electron chi connectivity index (χ0n) is 11.8. The zero-order valence-corrected chi connectivity index (χ0v) is 11.8. The highest BCUT2D eigenvalue weighted by molar-refractivity contribution is 5.86.